The van der Waals surface area contributed by atoms with E-state index in [0.29, 0.717) is 12.1 Å². The molecule has 0 atom stereocenters. The number of carbonyl (C=O) groups is 1. The van der Waals surface area contributed by atoms with Crippen LogP contribution in [-0.4, -0.2) is 16.8 Å². The lowest BCUT2D eigenvalue weighted by Crippen LogP contribution is -2.29. The highest BCUT2D eigenvalue weighted by atomic mass is 16.4. The van der Waals surface area contributed by atoms with Crippen molar-refractivity contribution in [2.24, 2.45) is 5.16 Å². The van der Waals surface area contributed by atoms with Crippen LogP contribution >= 0.6 is 0 Å². The van der Waals surface area contributed by atoms with E-state index in [1.165, 1.54) is 5.56 Å². The molecule has 0 bridgehead atoms. The van der Waals surface area contributed by atoms with Gasteiger partial charge in [-0.25, -0.2) is 0 Å². The largest absolute Gasteiger partial charge is 0.410 e. The van der Waals surface area contributed by atoms with Gasteiger partial charge in [-0.1, -0.05) is 53.2 Å². The third kappa shape index (κ3) is 1.95. The molecule has 2 aromatic rings. The van der Waals surface area contributed by atoms with Crippen LogP contribution in [0.5, 0.6) is 0 Å². The van der Waals surface area contributed by atoms with E-state index >= 15 is 0 Å². The van der Waals surface area contributed by atoms with Gasteiger partial charge in [-0.3, -0.25) is 4.79 Å². The summed E-state index contributed by atoms with van der Waals surface area (Å²) < 4.78 is 0. The van der Waals surface area contributed by atoms with Crippen molar-refractivity contribution < 1.29 is 10.0 Å². The summed E-state index contributed by atoms with van der Waals surface area (Å²) in [6.07, 6.45) is 0. The molecule has 3 rings (SSSR count). The maximum absolute atomic E-state index is 12.3. The van der Waals surface area contributed by atoms with E-state index in [0.717, 1.165) is 11.3 Å². The van der Waals surface area contributed by atoms with Crippen molar-refractivity contribution in [1.82, 2.24) is 0 Å². The van der Waals surface area contributed by atoms with Crippen LogP contribution in [0.2, 0.25) is 0 Å². The molecule has 0 spiro atoms. The number of fused-ring (bicyclic) bond motifs is 1. The van der Waals surface area contributed by atoms with Crippen molar-refractivity contribution in [3.63, 3.8) is 0 Å². The number of rotatable bonds is 2. The number of amides is 1. The smallest absolute Gasteiger partial charge is 0.281 e. The van der Waals surface area contributed by atoms with Crippen LogP contribution in [0, 0.1) is 6.92 Å². The number of oxime groups is 1. The molecule has 0 radical (unpaired) electrons. The molecule has 0 unspecified atom stereocenters. The standard InChI is InChI=1S/C16H14N2O2/c1-11-6-8-12(9-7-11)10-18-14-5-3-2-4-13(14)15(17-20)16(18)19/h2-9,20H,10H2,1H3/b17-15-. The van der Waals surface area contributed by atoms with Crippen LogP contribution in [0.15, 0.2) is 53.7 Å². The second-order valence-electron chi connectivity index (χ2n) is 4.84. The fourth-order valence-electron chi connectivity index (χ4n) is 2.39. The van der Waals surface area contributed by atoms with Gasteiger partial charge >= 0.3 is 0 Å². The maximum atomic E-state index is 12.3. The molecule has 0 aromatic heterocycles. The van der Waals surface area contributed by atoms with Crippen LogP contribution in [0.1, 0.15) is 16.7 Å². The van der Waals surface area contributed by atoms with Crippen molar-refractivity contribution in [2.45, 2.75) is 13.5 Å². The van der Waals surface area contributed by atoms with Gasteiger partial charge in [0, 0.05) is 5.56 Å². The fourth-order valence-corrected chi connectivity index (χ4v) is 2.39. The van der Waals surface area contributed by atoms with Crippen molar-refractivity contribution in [3.05, 3.63) is 65.2 Å². The van der Waals surface area contributed by atoms with E-state index in [1.54, 1.807) is 11.0 Å². The van der Waals surface area contributed by atoms with Crippen molar-refractivity contribution in [3.8, 4) is 0 Å². The molecule has 1 aliphatic heterocycles. The number of aryl methyl sites for hydroxylation is 1. The van der Waals surface area contributed by atoms with E-state index in [-0.39, 0.29) is 11.6 Å². The molecule has 0 saturated heterocycles. The molecule has 0 aliphatic carbocycles. The molecule has 1 heterocycles. The second kappa shape index (κ2) is 4.81. The summed E-state index contributed by atoms with van der Waals surface area (Å²) in [5.41, 5.74) is 3.78. The monoisotopic (exact) mass is 266 g/mol. The number of carbonyl (C=O) groups excluding carboxylic acids is 1. The Morgan fingerprint density at radius 1 is 1.10 bits per heavy atom. The molecule has 4 nitrogen and oxygen atoms in total. The molecule has 2 aromatic carbocycles. The van der Waals surface area contributed by atoms with Crippen LogP contribution in [-0.2, 0) is 11.3 Å². The lowest BCUT2D eigenvalue weighted by molar-refractivity contribution is -0.112. The predicted molar refractivity (Wildman–Crippen MR) is 77.1 cm³/mol. The molecule has 4 heteroatoms. The zero-order chi connectivity index (χ0) is 14.1. The lowest BCUT2D eigenvalue weighted by Gasteiger charge is -2.16. The van der Waals surface area contributed by atoms with Gasteiger partial charge in [-0.15, -0.1) is 0 Å². The Morgan fingerprint density at radius 3 is 2.50 bits per heavy atom. The minimum absolute atomic E-state index is 0.104. The van der Waals surface area contributed by atoms with Gasteiger partial charge in [0.05, 0.1) is 12.2 Å². The van der Waals surface area contributed by atoms with E-state index < -0.39 is 0 Å². The average Bonchev–Trinajstić information content (AvgIpc) is 2.74. The summed E-state index contributed by atoms with van der Waals surface area (Å²) in [5, 5.41) is 12.2. The highest BCUT2D eigenvalue weighted by molar-refractivity contribution is 6.54. The van der Waals surface area contributed by atoms with Gasteiger partial charge in [0.1, 0.15) is 0 Å². The van der Waals surface area contributed by atoms with E-state index in [4.69, 9.17) is 5.21 Å². The predicted octanol–water partition coefficient (Wildman–Crippen LogP) is 2.72. The molecule has 1 N–H and O–H groups in total. The first-order valence-corrected chi connectivity index (χ1v) is 6.39. The first-order valence-electron chi connectivity index (χ1n) is 6.39. The molecule has 0 saturated carbocycles. The summed E-state index contributed by atoms with van der Waals surface area (Å²) in [4.78, 5) is 13.9. The van der Waals surface area contributed by atoms with Crippen molar-refractivity contribution >= 4 is 17.3 Å². The average molecular weight is 266 g/mol. The minimum Gasteiger partial charge on any atom is -0.410 e. The normalized spacial score (nSPS) is 15.8. The molecular weight excluding hydrogens is 252 g/mol. The van der Waals surface area contributed by atoms with E-state index in [2.05, 4.69) is 5.16 Å². The Bertz CT molecular complexity index is 690. The van der Waals surface area contributed by atoms with Gasteiger partial charge in [-0.05, 0) is 18.6 Å². The first kappa shape index (κ1) is 12.4. The Balaban J connectivity index is 1.98. The second-order valence-corrected chi connectivity index (χ2v) is 4.84. The molecule has 20 heavy (non-hydrogen) atoms. The Kier molecular flexibility index (Phi) is 2.99. The topological polar surface area (TPSA) is 52.9 Å². The third-order valence-corrected chi connectivity index (χ3v) is 3.46. The molecule has 1 aliphatic rings. The van der Waals surface area contributed by atoms with Crippen LogP contribution in [0.3, 0.4) is 0 Å². The van der Waals surface area contributed by atoms with Crippen LogP contribution < -0.4 is 4.90 Å². The van der Waals surface area contributed by atoms with Gasteiger partial charge in [0.2, 0.25) is 0 Å². The Hall–Kier alpha value is -2.62. The summed E-state index contributed by atoms with van der Waals surface area (Å²) >= 11 is 0. The zero-order valence-corrected chi connectivity index (χ0v) is 11.1. The number of anilines is 1. The molecular formula is C16H14N2O2. The minimum atomic E-state index is -0.269. The summed E-state index contributed by atoms with van der Waals surface area (Å²) in [5.74, 6) is -0.269. The molecule has 100 valence electrons. The number of para-hydroxylation sites is 1. The number of hydrogen-bond acceptors (Lipinski definition) is 3. The molecule has 1 amide bonds. The molecule has 0 fully saturated rings. The Labute approximate surface area is 117 Å². The Morgan fingerprint density at radius 2 is 1.80 bits per heavy atom. The fraction of sp³-hybridized carbons (Fsp3) is 0.125. The summed E-state index contributed by atoms with van der Waals surface area (Å²) in [6.45, 7) is 2.49. The van der Waals surface area contributed by atoms with Gasteiger partial charge in [0.25, 0.3) is 5.91 Å². The summed E-state index contributed by atoms with van der Waals surface area (Å²) in [6, 6.07) is 15.4. The van der Waals surface area contributed by atoms with Crippen LogP contribution in [0.25, 0.3) is 0 Å². The van der Waals surface area contributed by atoms with E-state index in [1.807, 2.05) is 49.4 Å². The highest BCUT2D eigenvalue weighted by Gasteiger charge is 2.34. The first-order chi connectivity index (χ1) is 9.70. The van der Waals surface area contributed by atoms with Gasteiger partial charge in [0.15, 0.2) is 5.71 Å². The maximum Gasteiger partial charge on any atom is 0.281 e. The van der Waals surface area contributed by atoms with E-state index in [9.17, 15) is 4.79 Å². The number of nitrogens with zero attached hydrogens (tertiary/aromatic N) is 2. The third-order valence-electron chi connectivity index (χ3n) is 3.46. The van der Waals surface area contributed by atoms with Crippen molar-refractivity contribution in [2.75, 3.05) is 4.90 Å². The van der Waals surface area contributed by atoms with Crippen LogP contribution in [0.4, 0.5) is 5.69 Å². The lowest BCUT2D eigenvalue weighted by atomic mass is 10.1. The quantitative estimate of drug-likeness (QED) is 0.671. The van der Waals surface area contributed by atoms with Gasteiger partial charge in [-0.2, -0.15) is 0 Å². The SMILES string of the molecule is Cc1ccc(CN2C(=O)/C(=N\O)c3ccccc32)cc1. The highest BCUT2D eigenvalue weighted by Crippen LogP contribution is 2.30. The van der Waals surface area contributed by atoms with Crippen molar-refractivity contribution in [1.29, 1.82) is 0 Å². The number of benzene rings is 2. The summed E-state index contributed by atoms with van der Waals surface area (Å²) in [7, 11) is 0. The number of hydrogen-bond donors (Lipinski definition) is 1. The van der Waals surface area contributed by atoms with Gasteiger partial charge < -0.3 is 10.1 Å². The zero-order valence-electron chi connectivity index (χ0n) is 11.1.